The van der Waals surface area contributed by atoms with E-state index in [0.717, 1.165) is 37.1 Å². The summed E-state index contributed by atoms with van der Waals surface area (Å²) in [5.74, 6) is 0.553. The highest BCUT2D eigenvalue weighted by atomic mass is 15.1. The second-order valence-corrected chi connectivity index (χ2v) is 6.85. The third-order valence-electron chi connectivity index (χ3n) is 4.57. The molecule has 3 aromatic rings. The van der Waals surface area contributed by atoms with Crippen LogP contribution in [-0.2, 0) is 19.6 Å². The zero-order valence-electron chi connectivity index (χ0n) is 15.0. The highest BCUT2D eigenvalue weighted by Gasteiger charge is 2.15. The lowest BCUT2D eigenvalue weighted by molar-refractivity contribution is 0.521. The molecule has 0 aromatic carbocycles. The van der Waals surface area contributed by atoms with E-state index in [9.17, 15) is 0 Å². The maximum absolute atomic E-state index is 8.62. The SMILES string of the molecule is Cc1c(C)n(CC(C)C)c2ncn(CCCn3ccnc3)c(=N)c12. The van der Waals surface area contributed by atoms with Crippen LogP contribution < -0.4 is 5.49 Å². The van der Waals surface area contributed by atoms with E-state index in [4.69, 9.17) is 5.41 Å². The van der Waals surface area contributed by atoms with Gasteiger partial charge in [0.25, 0.3) is 0 Å². The number of aryl methyl sites for hydroxylation is 3. The molecule has 0 unspecified atom stereocenters. The molecular weight excluding hydrogens is 300 g/mol. The molecule has 128 valence electrons. The van der Waals surface area contributed by atoms with Crippen LogP contribution >= 0.6 is 0 Å². The van der Waals surface area contributed by atoms with Crippen LogP contribution in [-0.4, -0.2) is 23.7 Å². The van der Waals surface area contributed by atoms with Gasteiger partial charge in [-0.3, -0.25) is 5.41 Å². The number of aromatic nitrogens is 5. The molecule has 3 heterocycles. The van der Waals surface area contributed by atoms with E-state index >= 15 is 0 Å². The van der Waals surface area contributed by atoms with E-state index in [1.54, 1.807) is 6.20 Å². The molecule has 0 saturated heterocycles. The minimum absolute atomic E-state index is 0.553. The summed E-state index contributed by atoms with van der Waals surface area (Å²) in [6.45, 7) is 11.3. The summed E-state index contributed by atoms with van der Waals surface area (Å²) in [5, 5.41) is 9.60. The van der Waals surface area contributed by atoms with E-state index in [1.807, 2.05) is 23.4 Å². The van der Waals surface area contributed by atoms with Gasteiger partial charge in [0.1, 0.15) is 11.1 Å². The monoisotopic (exact) mass is 326 g/mol. The third kappa shape index (κ3) is 3.00. The number of nitrogens with one attached hydrogen (secondary N) is 1. The smallest absolute Gasteiger partial charge is 0.145 e. The molecule has 0 aliphatic carbocycles. The lowest BCUT2D eigenvalue weighted by atomic mass is 10.2. The largest absolute Gasteiger partial charge is 0.337 e. The van der Waals surface area contributed by atoms with Gasteiger partial charge in [-0.2, -0.15) is 0 Å². The lowest BCUT2D eigenvalue weighted by Crippen LogP contribution is -2.22. The Morgan fingerprint density at radius 3 is 2.62 bits per heavy atom. The van der Waals surface area contributed by atoms with Gasteiger partial charge < -0.3 is 13.7 Å². The van der Waals surface area contributed by atoms with Gasteiger partial charge in [-0.25, -0.2) is 9.97 Å². The van der Waals surface area contributed by atoms with Crippen LogP contribution in [0.5, 0.6) is 0 Å². The third-order valence-corrected chi connectivity index (χ3v) is 4.57. The molecule has 24 heavy (non-hydrogen) atoms. The van der Waals surface area contributed by atoms with Gasteiger partial charge in [-0.1, -0.05) is 13.8 Å². The summed E-state index contributed by atoms with van der Waals surface area (Å²) in [6.07, 6.45) is 8.35. The van der Waals surface area contributed by atoms with Gasteiger partial charge in [0.15, 0.2) is 0 Å². The number of imidazole rings is 1. The maximum atomic E-state index is 8.62. The van der Waals surface area contributed by atoms with Crippen LogP contribution in [0.1, 0.15) is 31.5 Å². The van der Waals surface area contributed by atoms with Crippen molar-refractivity contribution in [3.63, 3.8) is 0 Å². The molecule has 0 aliphatic heterocycles. The van der Waals surface area contributed by atoms with Crippen molar-refractivity contribution in [2.24, 2.45) is 5.92 Å². The molecule has 0 radical (unpaired) electrons. The van der Waals surface area contributed by atoms with Crippen LogP contribution in [0.3, 0.4) is 0 Å². The Morgan fingerprint density at radius 2 is 1.96 bits per heavy atom. The zero-order chi connectivity index (χ0) is 17.3. The number of nitrogens with zero attached hydrogens (tertiary/aromatic N) is 5. The van der Waals surface area contributed by atoms with E-state index in [0.29, 0.717) is 11.4 Å². The highest BCUT2D eigenvalue weighted by molar-refractivity contribution is 5.80. The molecule has 0 aliphatic rings. The second-order valence-electron chi connectivity index (χ2n) is 6.85. The average molecular weight is 326 g/mol. The predicted molar refractivity (Wildman–Crippen MR) is 94.7 cm³/mol. The van der Waals surface area contributed by atoms with Gasteiger partial charge in [0, 0.05) is 37.7 Å². The van der Waals surface area contributed by atoms with E-state index < -0.39 is 0 Å². The minimum atomic E-state index is 0.553. The Kier molecular flexibility index (Phi) is 4.55. The molecule has 0 bridgehead atoms. The van der Waals surface area contributed by atoms with Crippen molar-refractivity contribution in [1.29, 1.82) is 5.41 Å². The van der Waals surface area contributed by atoms with Gasteiger partial charge >= 0.3 is 0 Å². The highest BCUT2D eigenvalue weighted by Crippen LogP contribution is 2.21. The Balaban J connectivity index is 1.90. The predicted octanol–water partition coefficient (Wildman–Crippen LogP) is 2.88. The summed E-state index contributed by atoms with van der Waals surface area (Å²) in [4.78, 5) is 8.74. The molecule has 0 saturated carbocycles. The van der Waals surface area contributed by atoms with Crippen LogP contribution in [0.15, 0.2) is 25.0 Å². The van der Waals surface area contributed by atoms with Crippen LogP contribution in [0.25, 0.3) is 11.0 Å². The minimum Gasteiger partial charge on any atom is -0.337 e. The Morgan fingerprint density at radius 1 is 1.17 bits per heavy atom. The Bertz CT molecular complexity index is 883. The molecular formula is C18H26N6. The molecule has 0 amide bonds. The van der Waals surface area contributed by atoms with E-state index in [-0.39, 0.29) is 0 Å². The van der Waals surface area contributed by atoms with Crippen molar-refractivity contribution in [3.05, 3.63) is 41.8 Å². The molecule has 6 heteroatoms. The average Bonchev–Trinajstić information content (AvgIpc) is 3.13. The fourth-order valence-electron chi connectivity index (χ4n) is 3.19. The van der Waals surface area contributed by atoms with Crippen LogP contribution in [0.4, 0.5) is 0 Å². The molecule has 3 aromatic heterocycles. The van der Waals surface area contributed by atoms with E-state index in [2.05, 4.69) is 46.8 Å². The van der Waals surface area contributed by atoms with Gasteiger partial charge in [-0.05, 0) is 31.7 Å². The number of fused-ring (bicyclic) bond motifs is 1. The molecule has 1 N–H and O–H groups in total. The normalized spacial score (nSPS) is 11.7. The van der Waals surface area contributed by atoms with Crippen LogP contribution in [0.2, 0.25) is 0 Å². The Labute approximate surface area is 142 Å². The van der Waals surface area contributed by atoms with Crippen molar-refractivity contribution in [2.45, 2.75) is 53.8 Å². The standard InChI is InChI=1S/C18H26N6/c1-13(2)10-24-15(4)14(3)16-17(19)23(12-21-18(16)24)8-5-7-22-9-6-20-11-22/h6,9,11-13,19H,5,7-8,10H2,1-4H3. The first-order valence-electron chi connectivity index (χ1n) is 8.54. The maximum Gasteiger partial charge on any atom is 0.145 e. The lowest BCUT2D eigenvalue weighted by Gasteiger charge is -2.11. The van der Waals surface area contributed by atoms with Crippen molar-refractivity contribution >= 4 is 11.0 Å². The number of hydrogen-bond acceptors (Lipinski definition) is 3. The van der Waals surface area contributed by atoms with Gasteiger partial charge in [0.05, 0.1) is 18.0 Å². The molecule has 6 nitrogen and oxygen atoms in total. The summed E-state index contributed by atoms with van der Waals surface area (Å²) < 4.78 is 6.26. The topological polar surface area (TPSA) is 64.4 Å². The summed E-state index contributed by atoms with van der Waals surface area (Å²) in [6, 6.07) is 0. The summed E-state index contributed by atoms with van der Waals surface area (Å²) in [5.41, 5.74) is 3.89. The fourth-order valence-corrected chi connectivity index (χ4v) is 3.19. The summed E-state index contributed by atoms with van der Waals surface area (Å²) >= 11 is 0. The number of rotatable bonds is 6. The molecule has 3 rings (SSSR count). The first kappa shape index (κ1) is 16.5. The zero-order valence-corrected chi connectivity index (χ0v) is 15.0. The van der Waals surface area contributed by atoms with E-state index in [1.165, 1.54) is 11.3 Å². The van der Waals surface area contributed by atoms with Crippen molar-refractivity contribution in [1.82, 2.24) is 23.7 Å². The molecule has 0 fully saturated rings. The first-order valence-corrected chi connectivity index (χ1v) is 8.54. The van der Waals surface area contributed by atoms with Crippen LogP contribution in [0, 0.1) is 25.2 Å². The number of hydrogen-bond donors (Lipinski definition) is 1. The Hall–Kier alpha value is -2.37. The quantitative estimate of drug-likeness (QED) is 0.757. The van der Waals surface area contributed by atoms with Crippen molar-refractivity contribution in [3.8, 4) is 0 Å². The van der Waals surface area contributed by atoms with Crippen molar-refractivity contribution in [2.75, 3.05) is 0 Å². The second kappa shape index (κ2) is 6.63. The van der Waals surface area contributed by atoms with Crippen molar-refractivity contribution < 1.29 is 0 Å². The molecule has 0 atom stereocenters. The van der Waals surface area contributed by atoms with Gasteiger partial charge in [-0.15, -0.1) is 0 Å². The fraction of sp³-hybridized carbons (Fsp3) is 0.500. The van der Waals surface area contributed by atoms with Gasteiger partial charge in [0.2, 0.25) is 0 Å². The summed E-state index contributed by atoms with van der Waals surface area (Å²) in [7, 11) is 0. The molecule has 0 spiro atoms. The first-order chi connectivity index (χ1) is 11.5.